The van der Waals surface area contributed by atoms with Crippen molar-refractivity contribution in [2.75, 3.05) is 5.32 Å². The summed E-state index contributed by atoms with van der Waals surface area (Å²) in [6, 6.07) is 20.5. The van der Waals surface area contributed by atoms with Crippen LogP contribution in [0.25, 0.3) is 0 Å². The van der Waals surface area contributed by atoms with E-state index in [1.54, 1.807) is 48.5 Å². The van der Waals surface area contributed by atoms with Gasteiger partial charge in [-0.15, -0.1) is 0 Å². The second-order valence-corrected chi connectivity index (χ2v) is 7.84. The second kappa shape index (κ2) is 8.57. The molecule has 7 nitrogen and oxygen atoms in total. The molecule has 8 heteroatoms. The van der Waals surface area contributed by atoms with E-state index in [0.717, 1.165) is 5.56 Å². The van der Waals surface area contributed by atoms with Gasteiger partial charge in [0.15, 0.2) is 0 Å². The summed E-state index contributed by atoms with van der Waals surface area (Å²) in [6.45, 7) is 1.83. The van der Waals surface area contributed by atoms with Crippen LogP contribution < -0.4 is 14.8 Å². The third kappa shape index (κ3) is 5.43. The molecule has 29 heavy (non-hydrogen) atoms. The van der Waals surface area contributed by atoms with Crippen molar-refractivity contribution in [3.63, 3.8) is 0 Å². The fourth-order valence-electron chi connectivity index (χ4n) is 2.43. The first-order valence-electron chi connectivity index (χ1n) is 8.61. The van der Waals surface area contributed by atoms with Gasteiger partial charge in [-0.05, 0) is 49.4 Å². The zero-order valence-corrected chi connectivity index (χ0v) is 16.3. The molecule has 3 rings (SSSR count). The maximum absolute atomic E-state index is 12.4. The van der Waals surface area contributed by atoms with Crippen molar-refractivity contribution >= 4 is 27.7 Å². The summed E-state index contributed by atoms with van der Waals surface area (Å²) in [5.74, 6) is -0.450. The molecule has 0 saturated heterocycles. The van der Waals surface area contributed by atoms with Gasteiger partial charge in [0.2, 0.25) is 0 Å². The second-order valence-electron chi connectivity index (χ2n) is 6.16. The highest BCUT2D eigenvalue weighted by Gasteiger charge is 2.19. The molecule has 0 aliphatic rings. The summed E-state index contributed by atoms with van der Waals surface area (Å²) < 4.78 is 31.9. The zero-order valence-electron chi connectivity index (χ0n) is 15.5. The van der Waals surface area contributed by atoms with Gasteiger partial charge in [0.1, 0.15) is 5.75 Å². The molecule has 0 bridgehead atoms. The quantitative estimate of drug-likeness (QED) is 0.667. The molecule has 0 aliphatic carbocycles. The Morgan fingerprint density at radius 3 is 2.24 bits per heavy atom. The maximum atomic E-state index is 12.4. The Morgan fingerprint density at radius 2 is 1.55 bits per heavy atom. The molecule has 0 fully saturated rings. The molecule has 2 amide bonds. The number of amides is 2. The average Bonchev–Trinajstić information content (AvgIpc) is 2.69. The number of ether oxygens (including phenoxy) is 1. The van der Waals surface area contributed by atoms with Gasteiger partial charge in [0.05, 0.1) is 4.90 Å². The summed E-state index contributed by atoms with van der Waals surface area (Å²) >= 11 is 0. The van der Waals surface area contributed by atoms with E-state index in [0.29, 0.717) is 5.75 Å². The van der Waals surface area contributed by atoms with Crippen LogP contribution in [-0.2, 0) is 10.0 Å². The minimum atomic E-state index is -4.01. The van der Waals surface area contributed by atoms with E-state index in [1.807, 2.05) is 11.6 Å². The van der Waals surface area contributed by atoms with E-state index >= 15 is 0 Å². The number of carbonyl (C=O) groups excluding carboxylic acids is 2. The van der Waals surface area contributed by atoms with Crippen LogP contribution in [0.5, 0.6) is 5.75 Å². The molecule has 0 saturated carbocycles. The third-order valence-electron chi connectivity index (χ3n) is 3.88. The number of anilines is 1. The summed E-state index contributed by atoms with van der Waals surface area (Å²) in [5, 5.41) is 2.50. The Bertz CT molecular complexity index is 1130. The van der Waals surface area contributed by atoms with E-state index < -0.39 is 22.0 Å². The maximum Gasteiger partial charge on any atom is 0.417 e. The highest BCUT2D eigenvalue weighted by molar-refractivity contribution is 7.90. The van der Waals surface area contributed by atoms with Crippen LogP contribution in [0.4, 0.5) is 10.5 Å². The zero-order chi connectivity index (χ0) is 20.9. The van der Waals surface area contributed by atoms with E-state index in [2.05, 4.69) is 5.32 Å². The van der Waals surface area contributed by atoms with Gasteiger partial charge >= 0.3 is 6.09 Å². The standard InChI is InChI=1S/C21H18N2O5S/c1-15-10-12-19(13-11-15)29(26,27)23-20(24)16-6-5-7-17(14-16)22-21(25)28-18-8-3-2-4-9-18/h2-14H,1H3,(H,22,25)(H,23,24). The van der Waals surface area contributed by atoms with Crippen LogP contribution >= 0.6 is 0 Å². The Labute approximate surface area is 168 Å². The van der Waals surface area contributed by atoms with Gasteiger partial charge in [-0.3, -0.25) is 10.1 Å². The molecule has 0 atom stereocenters. The SMILES string of the molecule is Cc1ccc(S(=O)(=O)NC(=O)c2cccc(NC(=O)Oc3ccccc3)c2)cc1. The van der Waals surface area contributed by atoms with Gasteiger partial charge in [-0.2, -0.15) is 0 Å². The average molecular weight is 410 g/mol. The highest BCUT2D eigenvalue weighted by Crippen LogP contribution is 2.15. The van der Waals surface area contributed by atoms with Crippen LogP contribution in [0, 0.1) is 6.92 Å². The van der Waals surface area contributed by atoms with Crippen LogP contribution in [-0.4, -0.2) is 20.4 Å². The lowest BCUT2D eigenvalue weighted by atomic mass is 10.2. The van der Waals surface area contributed by atoms with Crippen molar-refractivity contribution in [2.45, 2.75) is 11.8 Å². The molecule has 2 N–H and O–H groups in total. The number of aryl methyl sites for hydroxylation is 1. The monoisotopic (exact) mass is 410 g/mol. The minimum absolute atomic E-state index is 0.0165. The largest absolute Gasteiger partial charge is 0.417 e. The third-order valence-corrected chi connectivity index (χ3v) is 5.23. The van der Waals surface area contributed by atoms with Gasteiger partial charge in [0, 0.05) is 11.3 Å². The summed E-state index contributed by atoms with van der Waals surface area (Å²) in [6.07, 6.45) is -0.735. The first-order chi connectivity index (χ1) is 13.8. The molecular formula is C21H18N2O5S. The smallest absolute Gasteiger partial charge is 0.410 e. The van der Waals surface area contributed by atoms with Crippen LogP contribution in [0.15, 0.2) is 83.8 Å². The summed E-state index contributed by atoms with van der Waals surface area (Å²) in [5.41, 5.74) is 1.25. The first kappa shape index (κ1) is 20.1. The summed E-state index contributed by atoms with van der Waals surface area (Å²) in [7, 11) is -4.01. The van der Waals surface area contributed by atoms with Crippen molar-refractivity contribution in [1.82, 2.24) is 4.72 Å². The van der Waals surface area contributed by atoms with Gasteiger partial charge in [-0.25, -0.2) is 17.9 Å². The van der Waals surface area contributed by atoms with Crippen LogP contribution in [0.1, 0.15) is 15.9 Å². The fraction of sp³-hybridized carbons (Fsp3) is 0.0476. The normalized spacial score (nSPS) is 10.8. The van der Waals surface area contributed by atoms with Crippen molar-refractivity contribution in [3.05, 3.63) is 90.0 Å². The molecule has 0 spiro atoms. The van der Waals surface area contributed by atoms with Crippen LogP contribution in [0.3, 0.4) is 0 Å². The lowest BCUT2D eigenvalue weighted by molar-refractivity contribution is 0.0981. The number of rotatable bonds is 5. The number of sulfonamides is 1. The minimum Gasteiger partial charge on any atom is -0.410 e. The Balaban J connectivity index is 1.69. The molecule has 3 aromatic rings. The van der Waals surface area contributed by atoms with E-state index in [9.17, 15) is 18.0 Å². The molecule has 0 radical (unpaired) electrons. The van der Waals surface area contributed by atoms with E-state index in [1.165, 1.54) is 30.3 Å². The molecule has 0 heterocycles. The van der Waals surface area contributed by atoms with Crippen molar-refractivity contribution in [1.29, 1.82) is 0 Å². The number of benzene rings is 3. The predicted octanol–water partition coefficient (Wildman–Crippen LogP) is 3.72. The molecule has 0 unspecified atom stereocenters. The van der Waals surface area contributed by atoms with E-state index in [4.69, 9.17) is 4.74 Å². The topological polar surface area (TPSA) is 102 Å². The van der Waals surface area contributed by atoms with Crippen molar-refractivity contribution in [2.24, 2.45) is 0 Å². The van der Waals surface area contributed by atoms with Gasteiger partial charge in [0.25, 0.3) is 15.9 Å². The number of hydrogen-bond donors (Lipinski definition) is 2. The molecule has 0 aliphatic heterocycles. The Hall–Kier alpha value is -3.65. The fourth-order valence-corrected chi connectivity index (χ4v) is 3.41. The molecular weight excluding hydrogens is 392 g/mol. The Kier molecular flexibility index (Phi) is 5.94. The number of hydrogen-bond acceptors (Lipinski definition) is 5. The molecule has 148 valence electrons. The van der Waals surface area contributed by atoms with Gasteiger partial charge in [-0.1, -0.05) is 42.0 Å². The number of nitrogens with one attached hydrogen (secondary N) is 2. The van der Waals surface area contributed by atoms with Crippen molar-refractivity contribution in [3.8, 4) is 5.75 Å². The lowest BCUT2D eigenvalue weighted by Gasteiger charge is -2.09. The predicted molar refractivity (Wildman–Crippen MR) is 108 cm³/mol. The summed E-state index contributed by atoms with van der Waals surface area (Å²) in [4.78, 5) is 24.4. The first-order valence-corrected chi connectivity index (χ1v) is 10.1. The van der Waals surface area contributed by atoms with Gasteiger partial charge < -0.3 is 4.74 Å². The van der Waals surface area contributed by atoms with Crippen LogP contribution in [0.2, 0.25) is 0 Å². The number of carbonyl (C=O) groups is 2. The van der Waals surface area contributed by atoms with E-state index in [-0.39, 0.29) is 16.1 Å². The lowest BCUT2D eigenvalue weighted by Crippen LogP contribution is -2.30. The number of para-hydroxylation sites is 1. The highest BCUT2D eigenvalue weighted by atomic mass is 32.2. The molecule has 3 aromatic carbocycles. The molecule has 0 aromatic heterocycles. The van der Waals surface area contributed by atoms with Crippen molar-refractivity contribution < 1.29 is 22.7 Å². The Morgan fingerprint density at radius 1 is 0.862 bits per heavy atom.